The third kappa shape index (κ3) is 13.5. The summed E-state index contributed by atoms with van der Waals surface area (Å²) in [6, 6.07) is 0. The molecule has 1 N–H and O–H groups in total. The lowest BCUT2D eigenvalue weighted by molar-refractivity contribution is 0.174. The zero-order chi connectivity index (χ0) is 28.3. The second-order valence-electron chi connectivity index (χ2n) is 15.4. The normalized spacial score (nSPS) is 32.5. The highest BCUT2D eigenvalue weighted by Gasteiger charge is 2.31. The highest BCUT2D eigenvalue weighted by molar-refractivity contribution is 4.83. The fraction of sp³-hybridized carbons (Fsp3) is 1.00. The van der Waals surface area contributed by atoms with Gasteiger partial charge in [0.15, 0.2) is 0 Å². The first-order valence-electron chi connectivity index (χ1n) is 19.4. The van der Waals surface area contributed by atoms with Gasteiger partial charge in [0.05, 0.1) is 0 Å². The summed E-state index contributed by atoms with van der Waals surface area (Å²) >= 11 is 0. The molecular formula is C39H75N. The van der Waals surface area contributed by atoms with Gasteiger partial charge in [0.25, 0.3) is 0 Å². The summed E-state index contributed by atoms with van der Waals surface area (Å²) in [6.07, 6.45) is 42.3. The molecule has 0 amide bonds. The van der Waals surface area contributed by atoms with Gasteiger partial charge in [-0.05, 0) is 93.5 Å². The van der Waals surface area contributed by atoms with Crippen LogP contribution < -0.4 is 5.32 Å². The van der Waals surface area contributed by atoms with Crippen molar-refractivity contribution in [1.29, 1.82) is 0 Å². The number of hydrogen-bond donors (Lipinski definition) is 1. The van der Waals surface area contributed by atoms with E-state index in [1.54, 1.807) is 57.8 Å². The van der Waals surface area contributed by atoms with Crippen LogP contribution in [0.15, 0.2) is 0 Å². The van der Waals surface area contributed by atoms with Crippen LogP contribution in [-0.2, 0) is 0 Å². The van der Waals surface area contributed by atoms with Gasteiger partial charge in [-0.2, -0.15) is 0 Å². The summed E-state index contributed by atoms with van der Waals surface area (Å²) in [5.41, 5.74) is 0. The van der Waals surface area contributed by atoms with Gasteiger partial charge >= 0.3 is 0 Å². The molecule has 3 fully saturated rings. The molecule has 0 saturated heterocycles. The van der Waals surface area contributed by atoms with Gasteiger partial charge in [-0.15, -0.1) is 0 Å². The number of nitrogens with one attached hydrogen (secondary N) is 1. The summed E-state index contributed by atoms with van der Waals surface area (Å²) in [5.74, 6) is 7.01. The zero-order valence-electron chi connectivity index (χ0n) is 28.0. The average Bonchev–Trinajstić information content (AvgIpc) is 3.04. The molecule has 0 radical (unpaired) electrons. The second kappa shape index (κ2) is 21.6. The summed E-state index contributed by atoms with van der Waals surface area (Å²) < 4.78 is 0. The van der Waals surface area contributed by atoms with Crippen molar-refractivity contribution in [3.05, 3.63) is 0 Å². The fourth-order valence-electron chi connectivity index (χ4n) is 9.59. The van der Waals surface area contributed by atoms with Crippen molar-refractivity contribution in [3.8, 4) is 0 Å². The molecule has 0 aromatic heterocycles. The van der Waals surface area contributed by atoms with E-state index in [0.717, 1.165) is 41.4 Å². The Morgan fingerprint density at radius 3 is 1.68 bits per heavy atom. The van der Waals surface area contributed by atoms with Gasteiger partial charge in [-0.3, -0.25) is 0 Å². The van der Waals surface area contributed by atoms with Crippen molar-refractivity contribution < 1.29 is 0 Å². The Bertz CT molecular complexity index is 585. The molecule has 3 aliphatic rings. The molecule has 3 rings (SSSR count). The molecule has 3 aliphatic carbocycles. The predicted octanol–water partition coefficient (Wildman–Crippen LogP) is 12.5. The van der Waals surface area contributed by atoms with Crippen molar-refractivity contribution in [3.63, 3.8) is 0 Å². The molecule has 236 valence electrons. The fourth-order valence-corrected chi connectivity index (χ4v) is 9.59. The van der Waals surface area contributed by atoms with Crippen LogP contribution in [0.25, 0.3) is 0 Å². The number of rotatable bonds is 12. The second-order valence-corrected chi connectivity index (χ2v) is 15.4. The van der Waals surface area contributed by atoms with Gasteiger partial charge in [0, 0.05) is 0 Å². The van der Waals surface area contributed by atoms with Gasteiger partial charge in [0.1, 0.15) is 0 Å². The molecule has 0 spiro atoms. The minimum absolute atomic E-state index is 0.918. The lowest BCUT2D eigenvalue weighted by Crippen LogP contribution is -2.28. The number of hydrogen-bond acceptors (Lipinski definition) is 1. The zero-order valence-corrected chi connectivity index (χ0v) is 28.0. The maximum atomic E-state index is 3.63. The molecule has 0 aromatic rings. The molecule has 1 heteroatoms. The van der Waals surface area contributed by atoms with E-state index in [2.05, 4.69) is 26.2 Å². The number of fused-ring (bicyclic) bond motifs is 2. The monoisotopic (exact) mass is 558 g/mol. The van der Waals surface area contributed by atoms with E-state index in [4.69, 9.17) is 0 Å². The van der Waals surface area contributed by atoms with Crippen LogP contribution in [-0.4, -0.2) is 13.6 Å². The van der Waals surface area contributed by atoms with E-state index in [0.29, 0.717) is 0 Å². The smallest absolute Gasteiger partial charge is 0.00209 e. The van der Waals surface area contributed by atoms with E-state index in [1.165, 1.54) is 129 Å². The van der Waals surface area contributed by atoms with E-state index in [9.17, 15) is 0 Å². The Morgan fingerprint density at radius 2 is 1.00 bits per heavy atom. The molecule has 0 bridgehead atoms. The molecule has 0 heterocycles. The molecular weight excluding hydrogens is 482 g/mol. The SMILES string of the molecule is CCCCCCCCC(C)CCC1CCC2CCC3CCCCCCCCC3CCCC2CCCCC1CNC. The summed E-state index contributed by atoms with van der Waals surface area (Å²) in [7, 11) is 2.21. The Balaban J connectivity index is 1.56. The van der Waals surface area contributed by atoms with Gasteiger partial charge < -0.3 is 5.32 Å². The maximum absolute atomic E-state index is 3.63. The number of unbranched alkanes of at least 4 members (excludes halogenated alkanes) is 5. The molecule has 7 unspecified atom stereocenters. The van der Waals surface area contributed by atoms with Crippen LogP contribution in [0.4, 0.5) is 0 Å². The van der Waals surface area contributed by atoms with E-state index >= 15 is 0 Å². The summed E-state index contributed by atoms with van der Waals surface area (Å²) in [5, 5.41) is 3.63. The van der Waals surface area contributed by atoms with E-state index in [1.807, 2.05) is 0 Å². The van der Waals surface area contributed by atoms with E-state index < -0.39 is 0 Å². The van der Waals surface area contributed by atoms with Crippen molar-refractivity contribution in [1.82, 2.24) is 5.32 Å². The van der Waals surface area contributed by atoms with Crippen molar-refractivity contribution in [2.24, 2.45) is 41.4 Å². The third-order valence-electron chi connectivity index (χ3n) is 12.3. The Kier molecular flexibility index (Phi) is 18.6. The molecule has 7 atom stereocenters. The highest BCUT2D eigenvalue weighted by atomic mass is 14.8. The predicted molar refractivity (Wildman–Crippen MR) is 179 cm³/mol. The molecule has 3 saturated carbocycles. The van der Waals surface area contributed by atoms with Crippen LogP contribution in [0.1, 0.15) is 194 Å². The van der Waals surface area contributed by atoms with Crippen LogP contribution in [0, 0.1) is 41.4 Å². The minimum atomic E-state index is 0.918. The first-order valence-corrected chi connectivity index (χ1v) is 19.4. The van der Waals surface area contributed by atoms with Gasteiger partial charge in [-0.25, -0.2) is 0 Å². The lowest BCUT2D eigenvalue weighted by Gasteiger charge is -2.34. The quantitative estimate of drug-likeness (QED) is 0.235. The molecule has 40 heavy (non-hydrogen) atoms. The maximum Gasteiger partial charge on any atom is -0.00209 e. The molecule has 0 aliphatic heterocycles. The first kappa shape index (κ1) is 34.5. The molecule has 1 nitrogen and oxygen atoms in total. The van der Waals surface area contributed by atoms with Crippen molar-refractivity contribution in [2.75, 3.05) is 13.6 Å². The Hall–Kier alpha value is -0.0400. The van der Waals surface area contributed by atoms with E-state index in [-0.39, 0.29) is 0 Å². The first-order chi connectivity index (χ1) is 19.7. The largest absolute Gasteiger partial charge is 0.319 e. The Labute approximate surface area is 253 Å². The topological polar surface area (TPSA) is 12.0 Å². The Morgan fingerprint density at radius 1 is 0.500 bits per heavy atom. The average molecular weight is 558 g/mol. The lowest BCUT2D eigenvalue weighted by atomic mass is 9.72. The standard InChI is InChI=1S/C39H75N/c1-4-5-6-7-10-13-19-33(2)26-27-38-31-30-37-29-28-36-21-15-12-9-8-11-14-20-34(36)24-18-25-35(37)22-16-17-23-39(38)32-40-3/h33-40H,4-32H2,1-3H3. The van der Waals surface area contributed by atoms with Crippen LogP contribution >= 0.6 is 0 Å². The summed E-state index contributed by atoms with van der Waals surface area (Å²) in [6.45, 7) is 6.16. The van der Waals surface area contributed by atoms with Gasteiger partial charge in [0.2, 0.25) is 0 Å². The van der Waals surface area contributed by atoms with Crippen LogP contribution in [0.3, 0.4) is 0 Å². The van der Waals surface area contributed by atoms with Crippen molar-refractivity contribution in [2.45, 2.75) is 194 Å². The van der Waals surface area contributed by atoms with Gasteiger partial charge in [-0.1, -0.05) is 155 Å². The highest BCUT2D eigenvalue weighted by Crippen LogP contribution is 2.43. The minimum Gasteiger partial charge on any atom is -0.319 e. The third-order valence-corrected chi connectivity index (χ3v) is 12.3. The van der Waals surface area contributed by atoms with Crippen LogP contribution in [0.2, 0.25) is 0 Å². The summed E-state index contributed by atoms with van der Waals surface area (Å²) in [4.78, 5) is 0. The van der Waals surface area contributed by atoms with Crippen LogP contribution in [0.5, 0.6) is 0 Å². The molecule has 0 aromatic carbocycles. The van der Waals surface area contributed by atoms with Crippen molar-refractivity contribution >= 4 is 0 Å².